The van der Waals surface area contributed by atoms with Crippen LogP contribution < -0.4 is 14.8 Å². The SMILES string of the molecule is CCOc1ccc(NC(=O)CCc2ccc(-c3ccc(OC)cc3)o2)cc1S(=O)(=O)N1CCCC1. The molecular formula is C26H30N2O6S. The van der Waals surface area contributed by atoms with Gasteiger partial charge in [0.25, 0.3) is 0 Å². The van der Waals surface area contributed by atoms with E-state index in [1.165, 1.54) is 10.4 Å². The average molecular weight is 499 g/mol. The van der Waals surface area contributed by atoms with Gasteiger partial charge in [0.15, 0.2) is 0 Å². The van der Waals surface area contributed by atoms with Crippen LogP contribution in [0.2, 0.25) is 0 Å². The van der Waals surface area contributed by atoms with Crippen molar-refractivity contribution >= 4 is 21.6 Å². The number of hydrogen-bond donors (Lipinski definition) is 1. The van der Waals surface area contributed by atoms with Gasteiger partial charge in [-0.05, 0) is 74.4 Å². The predicted octanol–water partition coefficient (Wildman–Crippen LogP) is 4.71. The number of furan rings is 1. The molecule has 0 bridgehead atoms. The Morgan fingerprint density at radius 3 is 2.49 bits per heavy atom. The lowest BCUT2D eigenvalue weighted by molar-refractivity contribution is -0.116. The van der Waals surface area contributed by atoms with Crippen LogP contribution in [0.4, 0.5) is 5.69 Å². The van der Waals surface area contributed by atoms with Gasteiger partial charge in [-0.1, -0.05) is 0 Å². The first-order chi connectivity index (χ1) is 16.9. The van der Waals surface area contributed by atoms with Crippen LogP contribution in [0, 0.1) is 0 Å². The van der Waals surface area contributed by atoms with Crippen molar-refractivity contribution in [1.82, 2.24) is 4.31 Å². The monoisotopic (exact) mass is 498 g/mol. The number of hydrogen-bond acceptors (Lipinski definition) is 6. The maximum atomic E-state index is 13.1. The molecule has 0 unspecified atom stereocenters. The summed E-state index contributed by atoms with van der Waals surface area (Å²) in [5.41, 5.74) is 1.33. The smallest absolute Gasteiger partial charge is 0.246 e. The van der Waals surface area contributed by atoms with Crippen molar-refractivity contribution in [3.05, 3.63) is 60.4 Å². The summed E-state index contributed by atoms with van der Waals surface area (Å²) in [5, 5.41) is 2.80. The number of anilines is 1. The van der Waals surface area contributed by atoms with E-state index in [9.17, 15) is 13.2 Å². The number of amides is 1. The fourth-order valence-electron chi connectivity index (χ4n) is 4.01. The minimum Gasteiger partial charge on any atom is -0.497 e. The summed E-state index contributed by atoms with van der Waals surface area (Å²) < 4.78 is 44.4. The van der Waals surface area contributed by atoms with Crippen LogP contribution in [0.5, 0.6) is 11.5 Å². The van der Waals surface area contributed by atoms with Gasteiger partial charge in [-0.2, -0.15) is 4.31 Å². The molecule has 4 rings (SSSR count). The molecule has 0 saturated carbocycles. The van der Waals surface area contributed by atoms with Crippen LogP contribution in [-0.4, -0.2) is 45.4 Å². The quantitative estimate of drug-likeness (QED) is 0.435. The third-order valence-electron chi connectivity index (χ3n) is 5.84. The van der Waals surface area contributed by atoms with E-state index in [2.05, 4.69) is 5.32 Å². The average Bonchev–Trinajstić information content (AvgIpc) is 3.57. The van der Waals surface area contributed by atoms with Gasteiger partial charge in [0.2, 0.25) is 15.9 Å². The molecule has 2 heterocycles. The van der Waals surface area contributed by atoms with Crippen LogP contribution >= 0.6 is 0 Å². The normalized spacial score (nSPS) is 14.1. The Morgan fingerprint density at radius 2 is 1.80 bits per heavy atom. The molecule has 0 aliphatic carbocycles. The Bertz CT molecular complexity index is 1260. The van der Waals surface area contributed by atoms with E-state index in [1.807, 2.05) is 36.4 Å². The molecule has 1 fully saturated rings. The third-order valence-corrected chi connectivity index (χ3v) is 7.76. The minimum atomic E-state index is -3.70. The Morgan fingerprint density at radius 1 is 1.06 bits per heavy atom. The Labute approximate surface area is 205 Å². The Kier molecular flexibility index (Phi) is 7.77. The fourth-order valence-corrected chi connectivity index (χ4v) is 5.69. The van der Waals surface area contributed by atoms with Crippen LogP contribution in [0.15, 0.2) is 63.9 Å². The second-order valence-corrected chi connectivity index (χ2v) is 10.2. The van der Waals surface area contributed by atoms with Gasteiger partial charge < -0.3 is 19.2 Å². The van der Waals surface area contributed by atoms with Crippen molar-refractivity contribution in [2.45, 2.75) is 37.5 Å². The van der Waals surface area contributed by atoms with Crippen molar-refractivity contribution < 1.29 is 27.1 Å². The second-order valence-electron chi connectivity index (χ2n) is 8.25. The van der Waals surface area contributed by atoms with E-state index in [1.54, 1.807) is 26.2 Å². The zero-order chi connectivity index (χ0) is 24.8. The van der Waals surface area contributed by atoms with Gasteiger partial charge in [0.1, 0.15) is 27.9 Å². The number of nitrogens with zero attached hydrogens (tertiary/aromatic N) is 1. The number of methoxy groups -OCH3 is 1. The van der Waals surface area contributed by atoms with Crippen molar-refractivity contribution in [3.63, 3.8) is 0 Å². The molecule has 1 aromatic heterocycles. The zero-order valence-corrected chi connectivity index (χ0v) is 20.8. The highest BCUT2D eigenvalue weighted by molar-refractivity contribution is 7.89. The maximum absolute atomic E-state index is 13.1. The summed E-state index contributed by atoms with van der Waals surface area (Å²) in [6, 6.07) is 16.0. The number of ether oxygens (including phenoxy) is 2. The van der Waals surface area contributed by atoms with Crippen LogP contribution in [0.3, 0.4) is 0 Å². The van der Waals surface area contributed by atoms with Crippen molar-refractivity contribution in [1.29, 1.82) is 0 Å². The molecule has 1 N–H and O–H groups in total. The van der Waals surface area contributed by atoms with E-state index in [4.69, 9.17) is 13.9 Å². The molecular weight excluding hydrogens is 468 g/mol. The standard InChI is InChI=1S/C26H30N2O6S/c1-3-33-24-13-8-20(18-25(24)35(30,31)28-16-4-5-17-28)27-26(29)15-12-22-11-14-23(34-22)19-6-9-21(32-2)10-7-19/h6-11,13-14,18H,3-5,12,15-17H2,1-2H3,(H,27,29). The topological polar surface area (TPSA) is 98.1 Å². The van der Waals surface area contributed by atoms with Gasteiger partial charge in [-0.25, -0.2) is 8.42 Å². The van der Waals surface area contributed by atoms with Crippen LogP contribution in [0.1, 0.15) is 31.9 Å². The lowest BCUT2D eigenvalue weighted by atomic mass is 10.2. The van der Waals surface area contributed by atoms with E-state index in [0.717, 1.165) is 24.2 Å². The highest BCUT2D eigenvalue weighted by Gasteiger charge is 2.30. The van der Waals surface area contributed by atoms with Crippen LogP contribution in [-0.2, 0) is 21.2 Å². The van der Waals surface area contributed by atoms with E-state index in [0.29, 0.717) is 49.1 Å². The fraction of sp³-hybridized carbons (Fsp3) is 0.346. The molecule has 2 aromatic carbocycles. The molecule has 1 aliphatic heterocycles. The first-order valence-electron chi connectivity index (χ1n) is 11.7. The lowest BCUT2D eigenvalue weighted by Gasteiger charge is -2.19. The van der Waals surface area contributed by atoms with Gasteiger partial charge in [0, 0.05) is 37.2 Å². The number of aryl methyl sites for hydroxylation is 1. The van der Waals surface area contributed by atoms with Gasteiger partial charge in [-0.15, -0.1) is 0 Å². The van der Waals surface area contributed by atoms with E-state index < -0.39 is 10.0 Å². The largest absolute Gasteiger partial charge is 0.497 e. The first kappa shape index (κ1) is 24.8. The summed E-state index contributed by atoms with van der Waals surface area (Å²) in [6.45, 7) is 3.13. The Balaban J connectivity index is 1.41. The van der Waals surface area contributed by atoms with Gasteiger partial charge >= 0.3 is 0 Å². The second kappa shape index (κ2) is 11.0. The Hall–Kier alpha value is -3.30. The number of carbonyl (C=O) groups excluding carboxylic acids is 1. The summed E-state index contributed by atoms with van der Waals surface area (Å²) in [4.78, 5) is 12.7. The van der Waals surface area contributed by atoms with Crippen molar-refractivity contribution in [2.75, 3.05) is 32.1 Å². The molecule has 0 spiro atoms. The molecule has 9 heteroatoms. The first-order valence-corrected chi connectivity index (χ1v) is 13.1. The number of carbonyl (C=O) groups is 1. The molecule has 186 valence electrons. The molecule has 1 amide bonds. The number of rotatable bonds is 10. The summed E-state index contributed by atoms with van der Waals surface area (Å²) >= 11 is 0. The minimum absolute atomic E-state index is 0.0780. The zero-order valence-electron chi connectivity index (χ0n) is 20.0. The molecule has 3 aromatic rings. The van der Waals surface area contributed by atoms with Crippen LogP contribution in [0.25, 0.3) is 11.3 Å². The molecule has 0 atom stereocenters. The molecule has 35 heavy (non-hydrogen) atoms. The molecule has 8 nitrogen and oxygen atoms in total. The summed E-state index contributed by atoms with van der Waals surface area (Å²) in [7, 11) is -2.08. The number of sulfonamides is 1. The highest BCUT2D eigenvalue weighted by Crippen LogP contribution is 2.32. The number of nitrogens with one attached hydrogen (secondary N) is 1. The van der Waals surface area contributed by atoms with E-state index in [-0.39, 0.29) is 17.2 Å². The predicted molar refractivity (Wildman–Crippen MR) is 133 cm³/mol. The summed E-state index contributed by atoms with van der Waals surface area (Å²) in [5.74, 6) is 2.23. The third kappa shape index (κ3) is 5.86. The molecule has 0 radical (unpaired) electrons. The lowest BCUT2D eigenvalue weighted by Crippen LogP contribution is -2.28. The van der Waals surface area contributed by atoms with Gasteiger partial charge in [-0.3, -0.25) is 4.79 Å². The van der Waals surface area contributed by atoms with Crippen molar-refractivity contribution in [2.24, 2.45) is 0 Å². The molecule has 1 aliphatic rings. The van der Waals surface area contributed by atoms with Crippen molar-refractivity contribution in [3.8, 4) is 22.8 Å². The summed E-state index contributed by atoms with van der Waals surface area (Å²) in [6.07, 6.45) is 2.29. The van der Waals surface area contributed by atoms with E-state index >= 15 is 0 Å². The number of benzene rings is 2. The maximum Gasteiger partial charge on any atom is 0.246 e. The highest BCUT2D eigenvalue weighted by atomic mass is 32.2. The molecule has 1 saturated heterocycles. The van der Waals surface area contributed by atoms with Gasteiger partial charge in [0.05, 0.1) is 13.7 Å².